The molecule has 0 fully saturated rings. The summed E-state index contributed by atoms with van der Waals surface area (Å²) in [5.74, 6) is 0.506. The Labute approximate surface area is 121 Å². The van der Waals surface area contributed by atoms with Crippen molar-refractivity contribution in [2.45, 2.75) is 18.9 Å². The number of nitrogens with one attached hydrogen (secondary N) is 2. The Hall–Kier alpha value is -2.14. The van der Waals surface area contributed by atoms with Crippen LogP contribution in [-0.2, 0) is 4.79 Å². The van der Waals surface area contributed by atoms with Crippen molar-refractivity contribution in [3.63, 3.8) is 0 Å². The molecular formula is C14H13ClN4O. The molecule has 0 saturated heterocycles. The van der Waals surface area contributed by atoms with Crippen molar-refractivity contribution in [1.82, 2.24) is 9.97 Å². The number of carbonyl (C=O) groups is 1. The first-order valence-corrected chi connectivity index (χ1v) is 6.74. The van der Waals surface area contributed by atoms with Gasteiger partial charge in [-0.1, -0.05) is 30.3 Å². The van der Waals surface area contributed by atoms with Crippen molar-refractivity contribution < 1.29 is 4.79 Å². The zero-order chi connectivity index (χ0) is 13.9. The molecule has 0 bridgehead atoms. The van der Waals surface area contributed by atoms with Gasteiger partial charge in [0.25, 0.3) is 0 Å². The van der Waals surface area contributed by atoms with Gasteiger partial charge >= 0.3 is 0 Å². The lowest BCUT2D eigenvalue weighted by Gasteiger charge is -2.24. The zero-order valence-electron chi connectivity index (χ0n) is 10.6. The van der Waals surface area contributed by atoms with Crippen LogP contribution in [0, 0.1) is 0 Å². The van der Waals surface area contributed by atoms with Crippen LogP contribution in [0.1, 0.15) is 24.4 Å². The number of rotatable bonds is 1. The molecule has 1 atom stereocenters. The highest BCUT2D eigenvalue weighted by atomic mass is 35.5. The molecule has 2 heterocycles. The normalized spacial score (nSPS) is 18.2. The van der Waals surface area contributed by atoms with Gasteiger partial charge in [-0.05, 0) is 23.6 Å². The quantitative estimate of drug-likeness (QED) is 0.792. The number of benzene rings is 1. The van der Waals surface area contributed by atoms with E-state index in [0.717, 1.165) is 5.56 Å². The molecule has 1 aromatic heterocycles. The van der Waals surface area contributed by atoms with E-state index in [4.69, 9.17) is 11.6 Å². The Morgan fingerprint density at radius 2 is 2.05 bits per heavy atom. The summed E-state index contributed by atoms with van der Waals surface area (Å²) in [5.41, 5.74) is 1.67. The molecule has 2 N–H and O–H groups in total. The van der Waals surface area contributed by atoms with Crippen LogP contribution in [0.25, 0.3) is 0 Å². The minimum atomic E-state index is -0.0420. The van der Waals surface area contributed by atoms with E-state index in [1.54, 1.807) is 0 Å². The third-order valence-electron chi connectivity index (χ3n) is 3.21. The number of anilines is 2. The van der Waals surface area contributed by atoms with E-state index < -0.39 is 0 Å². The predicted molar refractivity (Wildman–Crippen MR) is 77.7 cm³/mol. The zero-order valence-corrected chi connectivity index (χ0v) is 11.4. The average molecular weight is 289 g/mol. The van der Waals surface area contributed by atoms with Gasteiger partial charge in [0.05, 0.1) is 12.2 Å². The van der Waals surface area contributed by atoms with Crippen LogP contribution in [0.15, 0.2) is 36.5 Å². The minimum Gasteiger partial charge on any atom is -0.361 e. The van der Waals surface area contributed by atoms with Gasteiger partial charge in [-0.25, -0.2) is 4.98 Å². The largest absolute Gasteiger partial charge is 0.361 e. The van der Waals surface area contributed by atoms with E-state index in [-0.39, 0.29) is 17.2 Å². The number of hydrogen-bond acceptors (Lipinski definition) is 4. The second-order valence-electron chi connectivity index (χ2n) is 4.60. The molecule has 6 heteroatoms. The van der Waals surface area contributed by atoms with Gasteiger partial charge in [0.15, 0.2) is 5.82 Å². The summed E-state index contributed by atoms with van der Waals surface area (Å²) < 4.78 is 0. The first kappa shape index (κ1) is 12.9. The Morgan fingerprint density at radius 1 is 1.25 bits per heavy atom. The number of hydrogen-bond donors (Lipinski definition) is 2. The Kier molecular flexibility index (Phi) is 3.52. The van der Waals surface area contributed by atoms with Gasteiger partial charge in [0.1, 0.15) is 5.69 Å². The summed E-state index contributed by atoms with van der Waals surface area (Å²) in [4.78, 5) is 19.9. The summed E-state index contributed by atoms with van der Waals surface area (Å²) in [6.45, 7) is 0. The second-order valence-corrected chi connectivity index (χ2v) is 4.93. The van der Waals surface area contributed by atoms with E-state index in [1.807, 2.05) is 30.3 Å². The third-order valence-corrected chi connectivity index (χ3v) is 3.39. The lowest BCUT2D eigenvalue weighted by molar-refractivity contribution is -0.116. The van der Waals surface area contributed by atoms with Gasteiger partial charge in [-0.15, -0.1) is 0 Å². The molecule has 3 rings (SSSR count). The molecular weight excluding hydrogens is 276 g/mol. The molecule has 5 nitrogen and oxygen atoms in total. The molecule has 1 aromatic carbocycles. The standard InChI is InChI=1S/C14H13ClN4O/c15-14-16-8-11-13(19-14)18-10(6-7-12(20)17-11)9-4-2-1-3-5-9/h1-5,8,10H,6-7H2,(H,17,20)(H,16,18,19). The third kappa shape index (κ3) is 2.72. The molecule has 0 radical (unpaired) electrons. The highest BCUT2D eigenvalue weighted by Crippen LogP contribution is 2.30. The molecule has 0 saturated carbocycles. The van der Waals surface area contributed by atoms with Crippen LogP contribution < -0.4 is 10.6 Å². The molecule has 2 aromatic rings. The van der Waals surface area contributed by atoms with Crippen molar-refractivity contribution in [2.75, 3.05) is 10.6 Å². The lowest BCUT2D eigenvalue weighted by Crippen LogP contribution is -2.22. The fraction of sp³-hybridized carbons (Fsp3) is 0.214. The van der Waals surface area contributed by atoms with E-state index in [9.17, 15) is 4.79 Å². The number of fused-ring (bicyclic) bond motifs is 1. The van der Waals surface area contributed by atoms with Crippen molar-refractivity contribution in [2.24, 2.45) is 0 Å². The first-order chi connectivity index (χ1) is 9.72. The smallest absolute Gasteiger partial charge is 0.224 e. The maximum atomic E-state index is 11.8. The average Bonchev–Trinajstić information content (AvgIpc) is 2.45. The molecule has 20 heavy (non-hydrogen) atoms. The molecule has 1 aliphatic rings. The van der Waals surface area contributed by atoms with Crippen LogP contribution in [0.5, 0.6) is 0 Å². The molecule has 1 amide bonds. The fourth-order valence-corrected chi connectivity index (χ4v) is 2.36. The van der Waals surface area contributed by atoms with Gasteiger partial charge < -0.3 is 10.6 Å². The van der Waals surface area contributed by atoms with Crippen molar-refractivity contribution in [1.29, 1.82) is 0 Å². The predicted octanol–water partition coefficient (Wildman–Crippen LogP) is 3.02. The van der Waals surface area contributed by atoms with E-state index in [2.05, 4.69) is 20.6 Å². The summed E-state index contributed by atoms with van der Waals surface area (Å²) in [5, 5.41) is 6.25. The summed E-state index contributed by atoms with van der Waals surface area (Å²) >= 11 is 5.83. The maximum Gasteiger partial charge on any atom is 0.224 e. The van der Waals surface area contributed by atoms with Crippen molar-refractivity contribution in [3.05, 3.63) is 47.4 Å². The topological polar surface area (TPSA) is 66.9 Å². The van der Waals surface area contributed by atoms with Crippen molar-refractivity contribution in [3.8, 4) is 0 Å². The fourth-order valence-electron chi connectivity index (χ4n) is 2.22. The minimum absolute atomic E-state index is 0.0203. The Bertz CT molecular complexity index is 632. The van der Waals surface area contributed by atoms with E-state index >= 15 is 0 Å². The second kappa shape index (κ2) is 5.46. The highest BCUT2D eigenvalue weighted by molar-refractivity contribution is 6.28. The monoisotopic (exact) mass is 288 g/mol. The maximum absolute atomic E-state index is 11.8. The summed E-state index contributed by atoms with van der Waals surface area (Å²) in [6.07, 6.45) is 2.65. The number of halogens is 1. The van der Waals surface area contributed by atoms with Crippen LogP contribution in [0.2, 0.25) is 5.28 Å². The number of aromatic nitrogens is 2. The Morgan fingerprint density at radius 3 is 2.85 bits per heavy atom. The van der Waals surface area contributed by atoms with Crippen LogP contribution in [0.4, 0.5) is 11.5 Å². The molecule has 0 aliphatic carbocycles. The van der Waals surface area contributed by atoms with Gasteiger partial charge in [-0.2, -0.15) is 4.98 Å². The SMILES string of the molecule is O=C1CCC(c2ccccc2)Nc2nc(Cl)ncc2N1. The number of amides is 1. The highest BCUT2D eigenvalue weighted by Gasteiger charge is 2.20. The molecule has 102 valence electrons. The number of nitrogens with zero attached hydrogens (tertiary/aromatic N) is 2. The van der Waals surface area contributed by atoms with Gasteiger partial charge in [0, 0.05) is 6.42 Å². The summed E-state index contributed by atoms with van der Waals surface area (Å²) in [6, 6.07) is 9.99. The van der Waals surface area contributed by atoms with Crippen LogP contribution in [-0.4, -0.2) is 15.9 Å². The first-order valence-electron chi connectivity index (χ1n) is 6.36. The Balaban J connectivity index is 1.98. The van der Waals surface area contributed by atoms with Gasteiger partial charge in [-0.3, -0.25) is 4.79 Å². The van der Waals surface area contributed by atoms with Crippen LogP contribution in [0.3, 0.4) is 0 Å². The van der Waals surface area contributed by atoms with Crippen molar-refractivity contribution >= 4 is 29.0 Å². The molecule has 1 aliphatic heterocycles. The molecule has 0 spiro atoms. The van der Waals surface area contributed by atoms with E-state index in [1.165, 1.54) is 6.20 Å². The summed E-state index contributed by atoms with van der Waals surface area (Å²) in [7, 11) is 0. The molecule has 1 unspecified atom stereocenters. The van der Waals surface area contributed by atoms with Crippen LogP contribution >= 0.6 is 11.6 Å². The lowest BCUT2D eigenvalue weighted by atomic mass is 10.0. The van der Waals surface area contributed by atoms with E-state index in [0.29, 0.717) is 24.3 Å². The van der Waals surface area contributed by atoms with Gasteiger partial charge in [0.2, 0.25) is 11.2 Å². The number of carbonyl (C=O) groups excluding carboxylic acids is 1.